The van der Waals surface area contributed by atoms with Crippen LogP contribution in [0.3, 0.4) is 0 Å². The number of carbonyl (C=O) groups is 1. The Balaban J connectivity index is 2.06. The Hall–Kier alpha value is -2.64. The third-order valence-corrected chi connectivity index (χ3v) is 4.88. The molecule has 0 aliphatic rings. The number of ether oxygens (including phenoxy) is 1. The number of hydrogen-bond donors (Lipinski definition) is 1. The van der Waals surface area contributed by atoms with Crippen molar-refractivity contribution in [2.75, 3.05) is 13.7 Å². The van der Waals surface area contributed by atoms with Crippen LogP contribution in [0.1, 0.15) is 31.1 Å². The van der Waals surface area contributed by atoms with E-state index >= 15 is 0 Å². The summed E-state index contributed by atoms with van der Waals surface area (Å²) in [5, 5.41) is 3.83. The van der Waals surface area contributed by atoms with Gasteiger partial charge in [-0.15, -0.1) is 0 Å². The number of aromatic nitrogens is 3. The molecule has 0 aliphatic heterocycles. The summed E-state index contributed by atoms with van der Waals surface area (Å²) in [5.41, 5.74) is 2.03. The standard InChI is InChI=1S/C20H20Cl2N4O3/c1-11(2)26-16-5-4-12(7-15-14(21)9-24-20(22)25-15)6-13(16)8-17(19(26)28)29-10-18(27)23-3/h4-6,8-9,11H,7,10H2,1-3H3,(H,23,27). The van der Waals surface area contributed by atoms with Gasteiger partial charge >= 0.3 is 0 Å². The van der Waals surface area contributed by atoms with Gasteiger partial charge < -0.3 is 14.6 Å². The number of halogens is 2. The summed E-state index contributed by atoms with van der Waals surface area (Å²) < 4.78 is 7.12. The van der Waals surface area contributed by atoms with Crippen molar-refractivity contribution in [2.24, 2.45) is 0 Å². The van der Waals surface area contributed by atoms with Crippen molar-refractivity contribution < 1.29 is 9.53 Å². The highest BCUT2D eigenvalue weighted by Gasteiger charge is 2.15. The maximum atomic E-state index is 12.8. The monoisotopic (exact) mass is 434 g/mol. The number of rotatable bonds is 6. The first kappa shape index (κ1) is 21.1. The van der Waals surface area contributed by atoms with E-state index in [1.54, 1.807) is 10.6 Å². The minimum absolute atomic E-state index is 0.0884. The van der Waals surface area contributed by atoms with E-state index < -0.39 is 0 Å². The highest BCUT2D eigenvalue weighted by atomic mass is 35.5. The zero-order valence-corrected chi connectivity index (χ0v) is 17.7. The Morgan fingerprint density at radius 2 is 2.03 bits per heavy atom. The lowest BCUT2D eigenvalue weighted by Crippen LogP contribution is -2.29. The minimum Gasteiger partial charge on any atom is -0.478 e. The van der Waals surface area contributed by atoms with Crippen LogP contribution in [0.5, 0.6) is 5.75 Å². The SMILES string of the molecule is CNC(=O)COc1cc2cc(Cc3nc(Cl)ncc3Cl)ccc2n(C(C)C)c1=O. The van der Waals surface area contributed by atoms with E-state index in [1.807, 2.05) is 32.0 Å². The molecule has 0 saturated carbocycles. The molecule has 29 heavy (non-hydrogen) atoms. The van der Waals surface area contributed by atoms with Crippen LogP contribution in [0.4, 0.5) is 0 Å². The zero-order chi connectivity index (χ0) is 21.1. The number of pyridine rings is 1. The predicted molar refractivity (Wildman–Crippen MR) is 113 cm³/mol. The maximum absolute atomic E-state index is 12.8. The highest BCUT2D eigenvalue weighted by molar-refractivity contribution is 6.32. The number of amides is 1. The fourth-order valence-electron chi connectivity index (χ4n) is 3.01. The third kappa shape index (κ3) is 4.68. The molecular formula is C20H20Cl2N4O3. The van der Waals surface area contributed by atoms with Crippen molar-refractivity contribution in [3.63, 3.8) is 0 Å². The summed E-state index contributed by atoms with van der Waals surface area (Å²) in [6.45, 7) is 3.60. The van der Waals surface area contributed by atoms with Gasteiger partial charge in [-0.25, -0.2) is 9.97 Å². The second kappa shape index (κ2) is 8.80. The lowest BCUT2D eigenvalue weighted by Gasteiger charge is -2.17. The average Bonchev–Trinajstić information content (AvgIpc) is 2.68. The molecule has 2 aromatic heterocycles. The summed E-state index contributed by atoms with van der Waals surface area (Å²) in [5.74, 6) is -0.195. The summed E-state index contributed by atoms with van der Waals surface area (Å²) in [7, 11) is 1.51. The molecule has 2 heterocycles. The van der Waals surface area contributed by atoms with Crippen LogP contribution < -0.4 is 15.6 Å². The van der Waals surface area contributed by atoms with Gasteiger partial charge in [0.2, 0.25) is 5.28 Å². The van der Waals surface area contributed by atoms with Crippen molar-refractivity contribution in [3.8, 4) is 5.75 Å². The molecule has 3 rings (SSSR count). The van der Waals surface area contributed by atoms with E-state index in [0.717, 1.165) is 16.5 Å². The molecule has 1 amide bonds. The lowest BCUT2D eigenvalue weighted by atomic mass is 10.1. The van der Waals surface area contributed by atoms with E-state index in [-0.39, 0.29) is 35.1 Å². The van der Waals surface area contributed by atoms with Crippen molar-refractivity contribution in [1.29, 1.82) is 0 Å². The molecule has 0 spiro atoms. The van der Waals surface area contributed by atoms with Crippen LogP contribution in [-0.2, 0) is 11.2 Å². The topological polar surface area (TPSA) is 86.1 Å². The average molecular weight is 435 g/mol. The lowest BCUT2D eigenvalue weighted by molar-refractivity contribution is -0.122. The number of nitrogens with one attached hydrogen (secondary N) is 1. The molecule has 1 aromatic carbocycles. The van der Waals surface area contributed by atoms with Gasteiger partial charge in [0.15, 0.2) is 12.4 Å². The fraction of sp³-hybridized carbons (Fsp3) is 0.300. The Bertz CT molecular complexity index is 1130. The molecule has 7 nitrogen and oxygen atoms in total. The minimum atomic E-state index is -0.315. The van der Waals surface area contributed by atoms with Crippen molar-refractivity contribution in [1.82, 2.24) is 19.9 Å². The van der Waals surface area contributed by atoms with Gasteiger partial charge in [-0.2, -0.15) is 0 Å². The van der Waals surface area contributed by atoms with Gasteiger partial charge in [-0.1, -0.05) is 17.7 Å². The van der Waals surface area contributed by atoms with Gasteiger partial charge in [0.25, 0.3) is 11.5 Å². The predicted octanol–water partition coefficient (Wildman–Crippen LogP) is 3.39. The first-order valence-corrected chi connectivity index (χ1v) is 9.74. The van der Waals surface area contributed by atoms with Crippen LogP contribution in [0.2, 0.25) is 10.3 Å². The number of carbonyl (C=O) groups excluding carboxylic acids is 1. The molecule has 0 fully saturated rings. The first-order valence-electron chi connectivity index (χ1n) is 8.98. The number of nitrogens with zero attached hydrogens (tertiary/aromatic N) is 3. The molecule has 9 heteroatoms. The van der Waals surface area contributed by atoms with E-state index in [0.29, 0.717) is 17.1 Å². The second-order valence-corrected chi connectivity index (χ2v) is 7.49. The molecular weight excluding hydrogens is 415 g/mol. The van der Waals surface area contributed by atoms with Crippen LogP contribution in [0.25, 0.3) is 10.9 Å². The van der Waals surface area contributed by atoms with Gasteiger partial charge in [0, 0.05) is 24.9 Å². The van der Waals surface area contributed by atoms with Gasteiger partial charge in [-0.3, -0.25) is 9.59 Å². The Labute approximate surface area is 177 Å². The maximum Gasteiger partial charge on any atom is 0.293 e. The van der Waals surface area contributed by atoms with Crippen molar-refractivity contribution in [2.45, 2.75) is 26.3 Å². The number of hydrogen-bond acceptors (Lipinski definition) is 5. The van der Waals surface area contributed by atoms with Crippen LogP contribution in [0, 0.1) is 0 Å². The Morgan fingerprint density at radius 3 is 2.72 bits per heavy atom. The normalized spacial score (nSPS) is 11.1. The van der Waals surface area contributed by atoms with Crippen LogP contribution in [-0.4, -0.2) is 34.1 Å². The summed E-state index contributed by atoms with van der Waals surface area (Å²) in [6.07, 6.45) is 1.92. The smallest absolute Gasteiger partial charge is 0.293 e. The quantitative estimate of drug-likeness (QED) is 0.600. The number of fused-ring (bicyclic) bond motifs is 1. The summed E-state index contributed by atoms with van der Waals surface area (Å²) >= 11 is 12.1. The Morgan fingerprint density at radius 1 is 1.28 bits per heavy atom. The fourth-order valence-corrected chi connectivity index (χ4v) is 3.32. The summed E-state index contributed by atoms with van der Waals surface area (Å²) in [4.78, 5) is 32.4. The second-order valence-electron chi connectivity index (χ2n) is 6.74. The molecule has 0 radical (unpaired) electrons. The Kier molecular flexibility index (Phi) is 6.39. The molecule has 0 saturated heterocycles. The van der Waals surface area contributed by atoms with Crippen LogP contribution >= 0.6 is 23.2 Å². The molecule has 0 atom stereocenters. The largest absolute Gasteiger partial charge is 0.478 e. The molecule has 1 N–H and O–H groups in total. The molecule has 3 aromatic rings. The number of benzene rings is 1. The first-order chi connectivity index (χ1) is 13.8. The van der Waals surface area contributed by atoms with E-state index in [2.05, 4.69) is 15.3 Å². The molecule has 0 bridgehead atoms. The highest BCUT2D eigenvalue weighted by Crippen LogP contribution is 2.24. The van der Waals surface area contributed by atoms with Gasteiger partial charge in [0.1, 0.15) is 0 Å². The van der Waals surface area contributed by atoms with Crippen LogP contribution in [0.15, 0.2) is 35.3 Å². The van der Waals surface area contributed by atoms with Crippen molar-refractivity contribution >= 4 is 40.0 Å². The van der Waals surface area contributed by atoms with E-state index in [4.69, 9.17) is 27.9 Å². The van der Waals surface area contributed by atoms with Gasteiger partial charge in [-0.05, 0) is 49.2 Å². The molecule has 0 unspecified atom stereocenters. The third-order valence-electron chi connectivity index (χ3n) is 4.38. The zero-order valence-electron chi connectivity index (χ0n) is 16.2. The number of likely N-dealkylation sites (N-methyl/N-ethyl adjacent to an activating group) is 1. The molecule has 0 aliphatic carbocycles. The summed E-state index contributed by atoms with van der Waals surface area (Å²) in [6, 6.07) is 7.29. The molecule has 152 valence electrons. The van der Waals surface area contributed by atoms with E-state index in [9.17, 15) is 9.59 Å². The van der Waals surface area contributed by atoms with E-state index in [1.165, 1.54) is 13.2 Å². The van der Waals surface area contributed by atoms with Gasteiger partial charge in [0.05, 0.1) is 22.4 Å². The van der Waals surface area contributed by atoms with Crippen molar-refractivity contribution in [3.05, 3.63) is 62.4 Å².